The molecule has 3 aromatic rings. The fourth-order valence-corrected chi connectivity index (χ4v) is 8.15. The Morgan fingerprint density at radius 3 is 2.24 bits per heavy atom. The van der Waals surface area contributed by atoms with E-state index < -0.39 is 40.7 Å². The standard InChI is InChI=1S/C30H37F2N7O4S.C2HF3O2/c1-36-25-18-20(5-6-24(25)29(35-36)39-16-11-26(40)34-30(39)41)19-7-12-37(13-8-19)27(28(31)32)21-3-2-4-23(17-21)44(42,43)38-14-9-22(33)10-15-38;3-2(4,5)1(6)7/h2-6,17-19,22,27-28H,7-16,33H2,1H3,(H,34,40,41);(H,6,7). The molecule has 19 heteroatoms. The average molecular weight is 744 g/mol. The van der Waals surface area contributed by atoms with Gasteiger partial charge in [0.15, 0.2) is 5.82 Å². The minimum atomic E-state index is -5.08. The Bertz CT molecular complexity index is 1870. The van der Waals surface area contributed by atoms with Crippen LogP contribution in [0.4, 0.5) is 32.6 Å². The van der Waals surface area contributed by atoms with Gasteiger partial charge in [-0.25, -0.2) is 26.8 Å². The van der Waals surface area contributed by atoms with E-state index in [1.807, 2.05) is 18.2 Å². The molecule has 4 heterocycles. The number of hydrogen-bond acceptors (Lipinski definition) is 8. The molecule has 1 atom stereocenters. The maximum absolute atomic E-state index is 14.6. The molecule has 1 aromatic heterocycles. The van der Waals surface area contributed by atoms with Crippen molar-refractivity contribution in [1.82, 2.24) is 24.3 Å². The monoisotopic (exact) mass is 743 g/mol. The van der Waals surface area contributed by atoms with Gasteiger partial charge >= 0.3 is 18.2 Å². The molecule has 1 unspecified atom stereocenters. The lowest BCUT2D eigenvalue weighted by Crippen LogP contribution is -2.49. The number of halogens is 5. The predicted molar refractivity (Wildman–Crippen MR) is 175 cm³/mol. The van der Waals surface area contributed by atoms with E-state index in [0.29, 0.717) is 63.2 Å². The third-order valence-corrected chi connectivity index (χ3v) is 11.3. The first kappa shape index (κ1) is 38.0. The fourth-order valence-electron chi connectivity index (χ4n) is 6.63. The fraction of sp³-hybridized carbons (Fsp3) is 0.500. The minimum Gasteiger partial charge on any atom is -0.475 e. The number of urea groups is 1. The summed E-state index contributed by atoms with van der Waals surface area (Å²) in [5.41, 5.74) is 8.13. The number of sulfonamides is 1. The molecule has 51 heavy (non-hydrogen) atoms. The lowest BCUT2D eigenvalue weighted by molar-refractivity contribution is -0.192. The van der Waals surface area contributed by atoms with Crippen LogP contribution in [0, 0.1) is 0 Å². The molecule has 0 aliphatic carbocycles. The molecule has 3 amide bonds. The van der Waals surface area contributed by atoms with Crippen molar-refractivity contribution in [3.8, 4) is 0 Å². The topological polar surface area (TPSA) is 171 Å². The molecular weight excluding hydrogens is 705 g/mol. The number of carboxylic acids is 1. The predicted octanol–water partition coefficient (Wildman–Crippen LogP) is 3.95. The molecule has 4 N–H and O–H groups in total. The van der Waals surface area contributed by atoms with Crippen molar-refractivity contribution in [3.05, 3.63) is 53.6 Å². The number of piperidine rings is 2. The highest BCUT2D eigenvalue weighted by Gasteiger charge is 2.38. The number of amides is 3. The maximum Gasteiger partial charge on any atom is 0.490 e. The van der Waals surface area contributed by atoms with E-state index in [1.165, 1.54) is 21.3 Å². The maximum atomic E-state index is 14.6. The molecule has 0 saturated carbocycles. The first-order chi connectivity index (χ1) is 24.0. The summed E-state index contributed by atoms with van der Waals surface area (Å²) in [5, 5.41) is 14.8. The average Bonchev–Trinajstić information content (AvgIpc) is 3.40. The second-order valence-corrected chi connectivity index (χ2v) is 14.6. The number of nitrogens with two attached hydrogens (primary N) is 1. The summed E-state index contributed by atoms with van der Waals surface area (Å²) in [6.45, 7) is 1.75. The molecule has 3 fully saturated rings. The molecule has 0 spiro atoms. The van der Waals surface area contributed by atoms with Crippen LogP contribution in [0.2, 0.25) is 0 Å². The number of nitrogens with one attached hydrogen (secondary N) is 1. The number of aromatic nitrogens is 2. The number of aryl methyl sites for hydroxylation is 1. The van der Waals surface area contributed by atoms with Gasteiger partial charge in [0.2, 0.25) is 15.9 Å². The van der Waals surface area contributed by atoms with Crippen molar-refractivity contribution >= 4 is 44.7 Å². The number of anilines is 1. The Balaban J connectivity index is 0.000000654. The Labute approximate surface area is 290 Å². The van der Waals surface area contributed by atoms with Gasteiger partial charge in [0.05, 0.1) is 16.5 Å². The number of rotatable bonds is 7. The second-order valence-electron chi connectivity index (χ2n) is 12.7. The van der Waals surface area contributed by atoms with Crippen LogP contribution in [0.5, 0.6) is 0 Å². The molecule has 0 radical (unpaired) electrons. The van der Waals surface area contributed by atoms with E-state index in [2.05, 4.69) is 10.4 Å². The number of likely N-dealkylation sites (tertiary alicyclic amines) is 1. The second kappa shape index (κ2) is 15.2. The summed E-state index contributed by atoms with van der Waals surface area (Å²) in [6, 6.07) is 10.2. The largest absolute Gasteiger partial charge is 0.490 e. The number of fused-ring (bicyclic) bond motifs is 1. The van der Waals surface area contributed by atoms with E-state index in [4.69, 9.17) is 15.6 Å². The summed E-state index contributed by atoms with van der Waals surface area (Å²) in [5.74, 6) is -2.44. The highest BCUT2D eigenvalue weighted by atomic mass is 32.2. The Morgan fingerprint density at radius 2 is 1.65 bits per heavy atom. The zero-order valence-electron chi connectivity index (χ0n) is 27.5. The van der Waals surface area contributed by atoms with E-state index in [0.717, 1.165) is 16.5 Å². The van der Waals surface area contributed by atoms with Crippen LogP contribution in [0.3, 0.4) is 0 Å². The molecule has 13 nitrogen and oxygen atoms in total. The van der Waals surface area contributed by atoms with Crippen LogP contribution >= 0.6 is 0 Å². The lowest BCUT2D eigenvalue weighted by atomic mass is 9.88. The van der Waals surface area contributed by atoms with Crippen LogP contribution in [0.1, 0.15) is 55.2 Å². The highest BCUT2D eigenvalue weighted by Crippen LogP contribution is 2.38. The summed E-state index contributed by atoms with van der Waals surface area (Å²) in [6.07, 6.45) is -5.12. The molecular formula is C32H38F5N7O6S. The smallest absolute Gasteiger partial charge is 0.475 e. The number of aliphatic carboxylic acids is 1. The molecule has 278 valence electrons. The number of hydrogen-bond donors (Lipinski definition) is 3. The molecule has 3 aliphatic rings. The van der Waals surface area contributed by atoms with Gasteiger partial charge in [-0.05, 0) is 80.1 Å². The molecule has 3 saturated heterocycles. The van der Waals surface area contributed by atoms with E-state index in [9.17, 15) is 40.0 Å². The Hall–Kier alpha value is -4.20. The van der Waals surface area contributed by atoms with Crippen LogP contribution in [-0.4, -0.2) is 102 Å². The van der Waals surface area contributed by atoms with Crippen LogP contribution in [0.25, 0.3) is 10.9 Å². The van der Waals surface area contributed by atoms with Gasteiger partial charge in [0.25, 0.3) is 6.43 Å². The first-order valence-electron chi connectivity index (χ1n) is 16.2. The van der Waals surface area contributed by atoms with E-state index >= 15 is 0 Å². The third-order valence-electron chi connectivity index (χ3n) is 9.38. The summed E-state index contributed by atoms with van der Waals surface area (Å²) >= 11 is 0. The minimum absolute atomic E-state index is 0.0294. The van der Waals surface area contributed by atoms with Crippen molar-refractivity contribution in [3.63, 3.8) is 0 Å². The van der Waals surface area contributed by atoms with Gasteiger partial charge in [0.1, 0.15) is 0 Å². The van der Waals surface area contributed by atoms with Crippen molar-refractivity contribution in [1.29, 1.82) is 0 Å². The number of carbonyl (C=O) groups is 3. The summed E-state index contributed by atoms with van der Waals surface area (Å²) < 4.78 is 90.5. The highest BCUT2D eigenvalue weighted by molar-refractivity contribution is 7.89. The third kappa shape index (κ3) is 8.48. The van der Waals surface area contributed by atoms with Crippen LogP contribution < -0.4 is 16.0 Å². The normalized spacial score (nSPS) is 19.6. The number of alkyl halides is 5. The van der Waals surface area contributed by atoms with E-state index in [-0.39, 0.29) is 35.7 Å². The summed E-state index contributed by atoms with van der Waals surface area (Å²) in [7, 11) is -2.01. The van der Waals surface area contributed by atoms with Crippen molar-refractivity contribution < 1.29 is 49.9 Å². The first-order valence-corrected chi connectivity index (χ1v) is 17.7. The van der Waals surface area contributed by atoms with Crippen LogP contribution in [-0.2, 0) is 26.7 Å². The SMILES string of the molecule is Cn1nc(N2CCC(=O)NC2=O)c2ccc(C3CCN(C(c4cccc(S(=O)(=O)N5CCC(N)CC5)c4)C(F)F)CC3)cc21.O=C(O)C(F)(F)F. The van der Waals surface area contributed by atoms with E-state index in [1.54, 1.807) is 28.8 Å². The molecule has 6 rings (SSSR count). The van der Waals surface area contributed by atoms with Crippen LogP contribution in [0.15, 0.2) is 47.4 Å². The van der Waals surface area contributed by atoms with Gasteiger partial charge in [-0.15, -0.1) is 0 Å². The quantitative estimate of drug-likeness (QED) is 0.303. The van der Waals surface area contributed by atoms with Gasteiger partial charge in [-0.3, -0.25) is 24.6 Å². The number of benzene rings is 2. The molecule has 0 bridgehead atoms. The number of carbonyl (C=O) groups excluding carboxylic acids is 2. The van der Waals surface area contributed by atoms with Gasteiger partial charge in [-0.2, -0.15) is 22.6 Å². The zero-order valence-corrected chi connectivity index (χ0v) is 28.3. The van der Waals surface area contributed by atoms with Gasteiger partial charge in [-0.1, -0.05) is 18.2 Å². The molecule has 2 aromatic carbocycles. The van der Waals surface area contributed by atoms with Gasteiger partial charge in [0, 0.05) is 44.5 Å². The van der Waals surface area contributed by atoms with Crippen molar-refractivity contribution in [2.24, 2.45) is 12.8 Å². The number of carboxylic acid groups (broad SMARTS) is 1. The zero-order chi connectivity index (χ0) is 37.2. The number of imide groups is 1. The Morgan fingerprint density at radius 1 is 1.00 bits per heavy atom. The summed E-state index contributed by atoms with van der Waals surface area (Å²) in [4.78, 5) is 36.1. The van der Waals surface area contributed by atoms with Crippen molar-refractivity contribution in [2.75, 3.05) is 37.6 Å². The van der Waals surface area contributed by atoms with Gasteiger partial charge < -0.3 is 10.8 Å². The Kier molecular flexibility index (Phi) is 11.3. The van der Waals surface area contributed by atoms with Crippen molar-refractivity contribution in [2.45, 2.75) is 67.6 Å². The lowest BCUT2D eigenvalue weighted by Gasteiger charge is -2.38. The number of nitrogens with zero attached hydrogens (tertiary/aromatic N) is 5. The molecule has 3 aliphatic heterocycles.